The van der Waals surface area contributed by atoms with E-state index in [1.165, 1.54) is 0 Å². The standard InChI is InChI=1S/C26H29N5O3/c1-26(2,3)34-25(32)31-11-9-30(10-12-31)21-7-5-18(6-8-21)19-13-23-24(27-14-19)22(17-33-23)20-15-28-29(4)16-20/h5-8,13-17H,9-12H2,1-4H3. The Morgan fingerprint density at radius 3 is 2.38 bits per heavy atom. The van der Waals surface area contributed by atoms with Gasteiger partial charge in [0.05, 0.1) is 6.20 Å². The van der Waals surface area contributed by atoms with Crippen LogP contribution in [0, 0.1) is 0 Å². The third-order valence-corrected chi connectivity index (χ3v) is 5.92. The predicted octanol–water partition coefficient (Wildman–Crippen LogP) is 4.95. The predicted molar refractivity (Wildman–Crippen MR) is 132 cm³/mol. The highest BCUT2D eigenvalue weighted by molar-refractivity contribution is 5.92. The van der Waals surface area contributed by atoms with E-state index in [4.69, 9.17) is 9.15 Å². The van der Waals surface area contributed by atoms with Gasteiger partial charge >= 0.3 is 6.09 Å². The van der Waals surface area contributed by atoms with Crippen LogP contribution in [0.5, 0.6) is 0 Å². The van der Waals surface area contributed by atoms with E-state index in [0.717, 1.165) is 52.1 Å². The lowest BCUT2D eigenvalue weighted by Crippen LogP contribution is -2.50. The summed E-state index contributed by atoms with van der Waals surface area (Å²) >= 11 is 0. The fourth-order valence-electron chi connectivity index (χ4n) is 4.18. The number of benzene rings is 1. The first-order valence-corrected chi connectivity index (χ1v) is 11.5. The van der Waals surface area contributed by atoms with Crippen molar-refractivity contribution in [1.29, 1.82) is 0 Å². The molecule has 0 aliphatic carbocycles. The van der Waals surface area contributed by atoms with Gasteiger partial charge in [0.15, 0.2) is 5.58 Å². The molecule has 1 aromatic carbocycles. The van der Waals surface area contributed by atoms with Crippen LogP contribution < -0.4 is 4.90 Å². The van der Waals surface area contributed by atoms with Crippen molar-refractivity contribution in [3.63, 3.8) is 0 Å². The lowest BCUT2D eigenvalue weighted by Gasteiger charge is -2.36. The molecule has 0 atom stereocenters. The van der Waals surface area contributed by atoms with Gasteiger partial charge in [-0.25, -0.2) is 4.79 Å². The van der Waals surface area contributed by atoms with Crippen LogP contribution in [0.1, 0.15) is 20.8 Å². The van der Waals surface area contributed by atoms with Crippen LogP contribution in [0.2, 0.25) is 0 Å². The normalized spacial score (nSPS) is 14.6. The molecule has 1 aliphatic heterocycles. The van der Waals surface area contributed by atoms with Crippen molar-refractivity contribution in [3.05, 3.63) is 55.2 Å². The second-order valence-electron chi connectivity index (χ2n) is 9.62. The van der Waals surface area contributed by atoms with Crippen LogP contribution in [0.4, 0.5) is 10.5 Å². The molecule has 0 N–H and O–H groups in total. The van der Waals surface area contributed by atoms with Crippen molar-refractivity contribution in [1.82, 2.24) is 19.7 Å². The molecule has 0 bridgehead atoms. The van der Waals surface area contributed by atoms with Crippen LogP contribution >= 0.6 is 0 Å². The molecule has 4 heterocycles. The smallest absolute Gasteiger partial charge is 0.410 e. The molecule has 0 unspecified atom stereocenters. The third kappa shape index (κ3) is 4.48. The largest absolute Gasteiger partial charge is 0.462 e. The van der Waals surface area contributed by atoms with E-state index in [1.807, 2.05) is 52.5 Å². The molecule has 1 fully saturated rings. The summed E-state index contributed by atoms with van der Waals surface area (Å²) in [5.41, 5.74) is 6.24. The summed E-state index contributed by atoms with van der Waals surface area (Å²) in [6, 6.07) is 10.5. The third-order valence-electron chi connectivity index (χ3n) is 5.92. The first-order chi connectivity index (χ1) is 16.3. The van der Waals surface area contributed by atoms with Gasteiger partial charge in [-0.2, -0.15) is 5.10 Å². The Hall–Kier alpha value is -3.81. The number of fused-ring (bicyclic) bond motifs is 1. The number of amides is 1. The van der Waals surface area contributed by atoms with E-state index >= 15 is 0 Å². The molecule has 1 aliphatic rings. The number of aromatic nitrogens is 3. The number of piperazine rings is 1. The highest BCUT2D eigenvalue weighted by atomic mass is 16.6. The molecule has 0 spiro atoms. The molecule has 176 valence electrons. The summed E-state index contributed by atoms with van der Waals surface area (Å²) in [5, 5.41) is 4.24. The summed E-state index contributed by atoms with van der Waals surface area (Å²) in [6.07, 6.45) is 7.14. The topological polar surface area (TPSA) is 76.6 Å². The zero-order valence-corrected chi connectivity index (χ0v) is 20.0. The molecule has 4 aromatic rings. The van der Waals surface area contributed by atoms with E-state index in [0.29, 0.717) is 13.1 Å². The van der Waals surface area contributed by atoms with Crippen molar-refractivity contribution in [3.8, 4) is 22.3 Å². The highest BCUT2D eigenvalue weighted by Crippen LogP contribution is 2.32. The van der Waals surface area contributed by atoms with Crippen molar-refractivity contribution in [2.24, 2.45) is 7.05 Å². The zero-order chi connectivity index (χ0) is 23.9. The summed E-state index contributed by atoms with van der Waals surface area (Å²) in [5.74, 6) is 0. The summed E-state index contributed by atoms with van der Waals surface area (Å²) in [6.45, 7) is 8.51. The Balaban J connectivity index is 1.27. The van der Waals surface area contributed by atoms with E-state index in [2.05, 4.69) is 39.2 Å². The Kier molecular flexibility index (Phi) is 5.51. The highest BCUT2D eigenvalue weighted by Gasteiger charge is 2.26. The molecule has 5 rings (SSSR count). The number of ether oxygens (including phenoxy) is 1. The molecule has 0 saturated carbocycles. The quantitative estimate of drug-likeness (QED) is 0.431. The average Bonchev–Trinajstić information content (AvgIpc) is 3.43. The Bertz CT molecular complexity index is 1310. The number of aryl methyl sites for hydroxylation is 1. The molecular weight excluding hydrogens is 430 g/mol. The van der Waals surface area contributed by atoms with Crippen LogP contribution in [-0.2, 0) is 11.8 Å². The first-order valence-electron chi connectivity index (χ1n) is 11.5. The van der Waals surface area contributed by atoms with Crippen LogP contribution in [0.25, 0.3) is 33.4 Å². The maximum atomic E-state index is 12.3. The minimum atomic E-state index is -0.474. The number of anilines is 1. The van der Waals surface area contributed by atoms with Gasteiger partial charge in [-0.3, -0.25) is 9.67 Å². The van der Waals surface area contributed by atoms with Gasteiger partial charge in [-0.05, 0) is 44.5 Å². The first kappa shape index (κ1) is 22.0. The second-order valence-corrected chi connectivity index (χ2v) is 9.62. The lowest BCUT2D eigenvalue weighted by molar-refractivity contribution is 0.0240. The molecule has 1 amide bonds. The van der Waals surface area contributed by atoms with E-state index in [9.17, 15) is 4.79 Å². The molecule has 0 radical (unpaired) electrons. The minimum Gasteiger partial charge on any atom is -0.462 e. The maximum absolute atomic E-state index is 12.3. The van der Waals surface area contributed by atoms with Crippen LogP contribution in [0.15, 0.2) is 59.6 Å². The van der Waals surface area contributed by atoms with Gasteiger partial charge in [-0.1, -0.05) is 12.1 Å². The van der Waals surface area contributed by atoms with Gasteiger partial charge in [0.25, 0.3) is 0 Å². The number of rotatable bonds is 3. The van der Waals surface area contributed by atoms with E-state index in [1.54, 1.807) is 15.8 Å². The van der Waals surface area contributed by atoms with Crippen molar-refractivity contribution < 1.29 is 13.9 Å². The fourth-order valence-corrected chi connectivity index (χ4v) is 4.18. The number of carbonyl (C=O) groups excluding carboxylic acids is 1. The number of hydrogen-bond donors (Lipinski definition) is 0. The van der Waals surface area contributed by atoms with E-state index < -0.39 is 5.60 Å². The molecule has 8 heteroatoms. The lowest BCUT2D eigenvalue weighted by atomic mass is 10.1. The van der Waals surface area contributed by atoms with Gasteiger partial charge in [-0.15, -0.1) is 0 Å². The van der Waals surface area contributed by atoms with Gasteiger partial charge < -0.3 is 19.0 Å². The molecule has 8 nitrogen and oxygen atoms in total. The van der Waals surface area contributed by atoms with Crippen molar-refractivity contribution in [2.75, 3.05) is 31.1 Å². The van der Waals surface area contributed by atoms with Crippen molar-refractivity contribution in [2.45, 2.75) is 26.4 Å². The van der Waals surface area contributed by atoms with Crippen LogP contribution in [-0.4, -0.2) is 57.5 Å². The fraction of sp³-hybridized carbons (Fsp3) is 0.346. The SMILES string of the molecule is Cn1cc(-c2coc3cc(-c4ccc(N5CCN(C(=O)OC(C)(C)C)CC5)cc4)cnc23)cn1. The zero-order valence-electron chi connectivity index (χ0n) is 20.0. The monoisotopic (exact) mass is 459 g/mol. The molecule has 1 saturated heterocycles. The number of hydrogen-bond acceptors (Lipinski definition) is 6. The Morgan fingerprint density at radius 1 is 1.00 bits per heavy atom. The molecular formula is C26H29N5O3. The van der Waals surface area contributed by atoms with Crippen molar-refractivity contribution >= 4 is 22.9 Å². The van der Waals surface area contributed by atoms with Gasteiger partial charge in [0.1, 0.15) is 17.4 Å². The van der Waals surface area contributed by atoms with Gasteiger partial charge in [0.2, 0.25) is 0 Å². The van der Waals surface area contributed by atoms with Crippen LogP contribution in [0.3, 0.4) is 0 Å². The number of carbonyl (C=O) groups is 1. The number of nitrogens with zero attached hydrogens (tertiary/aromatic N) is 5. The Labute approximate surface area is 198 Å². The second kappa shape index (κ2) is 8.52. The summed E-state index contributed by atoms with van der Waals surface area (Å²) in [7, 11) is 1.89. The number of furan rings is 1. The maximum Gasteiger partial charge on any atom is 0.410 e. The Morgan fingerprint density at radius 2 is 1.74 bits per heavy atom. The minimum absolute atomic E-state index is 0.241. The molecule has 34 heavy (non-hydrogen) atoms. The van der Waals surface area contributed by atoms with Gasteiger partial charge in [0, 0.05) is 68.0 Å². The summed E-state index contributed by atoms with van der Waals surface area (Å²) in [4.78, 5) is 21.0. The average molecular weight is 460 g/mol. The molecule has 3 aromatic heterocycles. The summed E-state index contributed by atoms with van der Waals surface area (Å²) < 4.78 is 13.1. The number of pyridine rings is 1. The van der Waals surface area contributed by atoms with E-state index in [-0.39, 0.29) is 6.09 Å².